The van der Waals surface area contributed by atoms with Gasteiger partial charge in [-0.2, -0.15) is 0 Å². The number of hydrogen-bond acceptors (Lipinski definition) is 6. The van der Waals surface area contributed by atoms with Crippen LogP contribution in [0.1, 0.15) is 23.6 Å². The highest BCUT2D eigenvalue weighted by atomic mass is 16.6. The van der Waals surface area contributed by atoms with E-state index in [1.807, 2.05) is 30.3 Å². The predicted octanol–water partition coefficient (Wildman–Crippen LogP) is 3.63. The smallest absolute Gasteiger partial charge is 0.408 e. The number of hydrogen-bond donors (Lipinski definition) is 1. The zero-order valence-corrected chi connectivity index (χ0v) is 16.4. The molecule has 1 heterocycles. The molecule has 0 saturated carbocycles. The number of ether oxygens (including phenoxy) is 2. The summed E-state index contributed by atoms with van der Waals surface area (Å²) in [7, 11) is 0. The molecule has 0 fully saturated rings. The average Bonchev–Trinajstić information content (AvgIpc) is 2.66. The van der Waals surface area contributed by atoms with Crippen LogP contribution in [0.25, 0.3) is 11.0 Å². The van der Waals surface area contributed by atoms with Gasteiger partial charge in [-0.3, -0.25) is 0 Å². The van der Waals surface area contributed by atoms with Gasteiger partial charge in [-0.15, -0.1) is 0 Å². The van der Waals surface area contributed by atoms with Gasteiger partial charge in [-0.25, -0.2) is 14.4 Å². The van der Waals surface area contributed by atoms with Gasteiger partial charge in [-0.1, -0.05) is 30.3 Å². The van der Waals surface area contributed by atoms with Crippen LogP contribution in [0.5, 0.6) is 5.75 Å². The highest BCUT2D eigenvalue weighted by molar-refractivity contribution is 5.91. The Morgan fingerprint density at radius 1 is 1.10 bits per heavy atom. The number of nitrogens with one attached hydrogen (secondary N) is 1. The Morgan fingerprint density at radius 3 is 2.55 bits per heavy atom. The molecule has 2 aromatic carbocycles. The van der Waals surface area contributed by atoms with Crippen LogP contribution in [0.4, 0.5) is 4.79 Å². The third-order valence-electron chi connectivity index (χ3n) is 4.26. The third kappa shape index (κ3) is 5.01. The molecule has 150 valence electrons. The molecule has 3 aromatic rings. The standard InChI is InChI=1S/C22H21NO6/c1-13-9-17-20(14(2)11-19(24)28-17)18(10-13)29-21(25)15(3)23-22(26)27-12-16-7-5-4-6-8-16/h4-11,15H,12H2,1-3H3,(H,23,26)/t15-/m1/s1. The van der Waals surface area contributed by atoms with Crippen LogP contribution >= 0.6 is 0 Å². The van der Waals surface area contributed by atoms with Crippen molar-refractivity contribution in [2.45, 2.75) is 33.4 Å². The van der Waals surface area contributed by atoms with E-state index in [0.717, 1.165) is 11.1 Å². The van der Waals surface area contributed by atoms with Gasteiger partial charge >= 0.3 is 17.7 Å². The molecule has 1 N–H and O–H groups in total. The number of carbonyl (C=O) groups excluding carboxylic acids is 2. The Balaban J connectivity index is 1.68. The van der Waals surface area contributed by atoms with Crippen molar-refractivity contribution >= 4 is 23.0 Å². The number of amides is 1. The summed E-state index contributed by atoms with van der Waals surface area (Å²) in [6.45, 7) is 5.11. The molecular weight excluding hydrogens is 374 g/mol. The summed E-state index contributed by atoms with van der Waals surface area (Å²) in [5.74, 6) is -0.406. The van der Waals surface area contributed by atoms with Crippen molar-refractivity contribution in [2.24, 2.45) is 0 Å². The summed E-state index contributed by atoms with van der Waals surface area (Å²) in [6.07, 6.45) is -0.727. The van der Waals surface area contributed by atoms with Gasteiger partial charge in [0.2, 0.25) is 0 Å². The lowest BCUT2D eigenvalue weighted by molar-refractivity contribution is -0.136. The van der Waals surface area contributed by atoms with Crippen molar-refractivity contribution in [2.75, 3.05) is 0 Å². The fourth-order valence-corrected chi connectivity index (χ4v) is 2.85. The van der Waals surface area contributed by atoms with Crippen LogP contribution < -0.4 is 15.7 Å². The van der Waals surface area contributed by atoms with Crippen molar-refractivity contribution in [3.63, 3.8) is 0 Å². The van der Waals surface area contributed by atoms with E-state index in [4.69, 9.17) is 13.9 Å². The largest absolute Gasteiger partial charge is 0.445 e. The maximum Gasteiger partial charge on any atom is 0.408 e. The van der Waals surface area contributed by atoms with Crippen molar-refractivity contribution < 1.29 is 23.5 Å². The lowest BCUT2D eigenvalue weighted by atomic mass is 10.1. The fraction of sp³-hybridized carbons (Fsp3) is 0.227. The molecular formula is C22H21NO6. The minimum Gasteiger partial charge on any atom is -0.445 e. The number of benzene rings is 2. The summed E-state index contributed by atoms with van der Waals surface area (Å²) >= 11 is 0. The van der Waals surface area contributed by atoms with E-state index in [-0.39, 0.29) is 12.4 Å². The number of esters is 1. The molecule has 0 bridgehead atoms. The zero-order valence-electron chi connectivity index (χ0n) is 16.4. The van der Waals surface area contributed by atoms with Crippen LogP contribution in [0.15, 0.2) is 57.7 Å². The van der Waals surface area contributed by atoms with Gasteiger partial charge in [0.05, 0.1) is 5.39 Å². The molecule has 1 atom stereocenters. The predicted molar refractivity (Wildman–Crippen MR) is 107 cm³/mol. The quantitative estimate of drug-likeness (QED) is 0.403. The molecule has 0 aliphatic heterocycles. The van der Waals surface area contributed by atoms with Crippen molar-refractivity contribution in [3.05, 3.63) is 75.6 Å². The highest BCUT2D eigenvalue weighted by Crippen LogP contribution is 2.29. The Bertz CT molecular complexity index is 1100. The summed E-state index contributed by atoms with van der Waals surface area (Å²) in [6, 6.07) is 13.0. The molecule has 1 amide bonds. The van der Waals surface area contributed by atoms with Crippen molar-refractivity contribution in [3.8, 4) is 5.75 Å². The van der Waals surface area contributed by atoms with E-state index in [1.165, 1.54) is 13.0 Å². The molecule has 7 heteroatoms. The molecule has 3 rings (SSSR count). The van der Waals surface area contributed by atoms with Crippen molar-refractivity contribution in [1.82, 2.24) is 5.32 Å². The maximum atomic E-state index is 12.5. The number of alkyl carbamates (subject to hydrolysis) is 1. The normalized spacial score (nSPS) is 11.7. The monoisotopic (exact) mass is 395 g/mol. The zero-order chi connectivity index (χ0) is 21.0. The van der Waals surface area contributed by atoms with Crippen LogP contribution in [0.3, 0.4) is 0 Å². The molecule has 0 unspecified atom stereocenters. The van der Waals surface area contributed by atoms with Crippen LogP contribution in [-0.2, 0) is 16.1 Å². The molecule has 0 aliphatic rings. The maximum absolute atomic E-state index is 12.5. The Morgan fingerprint density at radius 2 is 1.83 bits per heavy atom. The Kier molecular flexibility index (Phi) is 5.97. The molecule has 0 saturated heterocycles. The van der Waals surface area contributed by atoms with E-state index in [1.54, 1.807) is 26.0 Å². The summed E-state index contributed by atoms with van der Waals surface area (Å²) in [5, 5.41) is 2.98. The molecule has 0 radical (unpaired) electrons. The Labute approximate surface area is 167 Å². The van der Waals surface area contributed by atoms with E-state index in [2.05, 4.69) is 5.32 Å². The minimum absolute atomic E-state index is 0.0924. The number of carbonyl (C=O) groups is 2. The van der Waals surface area contributed by atoms with Crippen LogP contribution in [0.2, 0.25) is 0 Å². The topological polar surface area (TPSA) is 94.8 Å². The summed E-state index contributed by atoms with van der Waals surface area (Å²) in [4.78, 5) is 36.0. The highest BCUT2D eigenvalue weighted by Gasteiger charge is 2.21. The minimum atomic E-state index is -0.940. The van der Waals surface area contributed by atoms with Gasteiger partial charge in [-0.05, 0) is 49.6 Å². The Hall–Kier alpha value is -3.61. The average molecular weight is 395 g/mol. The number of aryl methyl sites for hydroxylation is 2. The van der Waals surface area contributed by atoms with E-state index in [9.17, 15) is 14.4 Å². The SMILES string of the molecule is Cc1cc(OC(=O)[C@@H](C)NC(=O)OCc2ccccc2)c2c(C)cc(=O)oc2c1. The second-order valence-corrected chi connectivity index (χ2v) is 6.73. The first-order chi connectivity index (χ1) is 13.8. The summed E-state index contributed by atoms with van der Waals surface area (Å²) < 4.78 is 15.8. The third-order valence-corrected chi connectivity index (χ3v) is 4.26. The second-order valence-electron chi connectivity index (χ2n) is 6.73. The lowest BCUT2D eigenvalue weighted by Gasteiger charge is -2.15. The molecule has 29 heavy (non-hydrogen) atoms. The van der Waals surface area contributed by atoms with Gasteiger partial charge < -0.3 is 19.2 Å². The van der Waals surface area contributed by atoms with Gasteiger partial charge in [0, 0.05) is 6.07 Å². The van der Waals surface area contributed by atoms with Gasteiger partial charge in [0.25, 0.3) is 0 Å². The summed E-state index contributed by atoms with van der Waals surface area (Å²) in [5.41, 5.74) is 2.08. The molecule has 0 aliphatic carbocycles. The number of fused-ring (bicyclic) bond motifs is 1. The fourth-order valence-electron chi connectivity index (χ4n) is 2.85. The first kappa shape index (κ1) is 20.1. The first-order valence-electron chi connectivity index (χ1n) is 9.07. The van der Waals surface area contributed by atoms with E-state index in [0.29, 0.717) is 16.5 Å². The van der Waals surface area contributed by atoms with Crippen molar-refractivity contribution in [1.29, 1.82) is 0 Å². The second kappa shape index (κ2) is 8.60. The van der Waals surface area contributed by atoms with Gasteiger partial charge in [0.1, 0.15) is 24.0 Å². The van der Waals surface area contributed by atoms with Gasteiger partial charge in [0.15, 0.2) is 0 Å². The van der Waals surface area contributed by atoms with Crippen LogP contribution in [-0.4, -0.2) is 18.1 Å². The van der Waals surface area contributed by atoms with Crippen LogP contribution in [0, 0.1) is 13.8 Å². The van der Waals surface area contributed by atoms with E-state index >= 15 is 0 Å². The molecule has 1 aromatic heterocycles. The number of rotatable bonds is 5. The van der Waals surface area contributed by atoms with E-state index < -0.39 is 23.7 Å². The molecule has 7 nitrogen and oxygen atoms in total. The first-order valence-corrected chi connectivity index (χ1v) is 9.07. The molecule has 0 spiro atoms. The lowest BCUT2D eigenvalue weighted by Crippen LogP contribution is -2.41.